The van der Waals surface area contributed by atoms with Crippen molar-refractivity contribution in [1.82, 2.24) is 25.0 Å². The zero-order chi connectivity index (χ0) is 21.9. The fourth-order valence-corrected chi connectivity index (χ4v) is 3.74. The van der Waals surface area contributed by atoms with Crippen LogP contribution in [0.4, 0.5) is 4.39 Å². The van der Waals surface area contributed by atoms with Crippen LogP contribution in [0.5, 0.6) is 0 Å². The van der Waals surface area contributed by atoms with Crippen molar-refractivity contribution < 1.29 is 17.6 Å². The Morgan fingerprint density at radius 2 is 2.00 bits per heavy atom. The summed E-state index contributed by atoms with van der Waals surface area (Å²) in [6, 6.07) is 9.37. The predicted molar refractivity (Wildman–Crippen MR) is 118 cm³/mol. The third-order valence-corrected chi connectivity index (χ3v) is 5.89. The Kier molecular flexibility index (Phi) is 7.85. The van der Waals surface area contributed by atoms with Gasteiger partial charge in [0.1, 0.15) is 11.3 Å². The van der Waals surface area contributed by atoms with E-state index < -0.39 is 15.9 Å². The molecule has 0 radical (unpaired) electrons. The quantitative estimate of drug-likeness (QED) is 0.482. The van der Waals surface area contributed by atoms with Crippen molar-refractivity contribution >= 4 is 39.4 Å². The summed E-state index contributed by atoms with van der Waals surface area (Å²) in [6.45, 7) is -0.154. The topological polar surface area (TPSA) is 132 Å². The number of nitrogens with zero attached hydrogens (tertiary/aromatic N) is 3. The number of hydrogen-bond donors (Lipinski definition) is 3. The molecule has 1 amide bonds. The fourth-order valence-electron chi connectivity index (χ4n) is 2.96. The molecule has 9 nitrogen and oxygen atoms in total. The van der Waals surface area contributed by atoms with E-state index in [4.69, 9.17) is 5.73 Å². The van der Waals surface area contributed by atoms with E-state index in [0.29, 0.717) is 27.7 Å². The van der Waals surface area contributed by atoms with Gasteiger partial charge in [-0.05, 0) is 43.0 Å². The Bertz CT molecular complexity index is 1240. The number of aromatic nitrogens is 3. The Balaban J connectivity index is 0.00000341. The van der Waals surface area contributed by atoms with Gasteiger partial charge in [-0.25, -0.2) is 22.2 Å². The number of sulfonamides is 1. The maximum Gasteiger partial charge on any atom is 0.251 e. The minimum absolute atomic E-state index is 0. The molecular weight excluding hydrogens is 447 g/mol. The summed E-state index contributed by atoms with van der Waals surface area (Å²) in [5.41, 5.74) is 7.49. The first-order valence-electron chi connectivity index (χ1n) is 8.98. The van der Waals surface area contributed by atoms with Crippen molar-refractivity contribution in [1.29, 1.82) is 0 Å². The second kappa shape index (κ2) is 9.96. The number of benzene rings is 2. The van der Waals surface area contributed by atoms with Crippen molar-refractivity contribution in [3.8, 4) is 11.1 Å². The van der Waals surface area contributed by atoms with Gasteiger partial charge < -0.3 is 11.1 Å². The van der Waals surface area contributed by atoms with Crippen LogP contribution in [0.2, 0.25) is 0 Å². The van der Waals surface area contributed by atoms with Gasteiger partial charge in [0.05, 0.1) is 17.0 Å². The van der Waals surface area contributed by atoms with Gasteiger partial charge in [0.25, 0.3) is 5.91 Å². The van der Waals surface area contributed by atoms with Crippen LogP contribution in [0.25, 0.3) is 22.2 Å². The van der Waals surface area contributed by atoms with Crippen LogP contribution in [0, 0.1) is 0 Å². The van der Waals surface area contributed by atoms with Gasteiger partial charge in [0.15, 0.2) is 0 Å². The number of rotatable bonds is 7. The highest BCUT2D eigenvalue weighted by atomic mass is 35.5. The van der Waals surface area contributed by atoms with E-state index in [1.807, 2.05) is 0 Å². The zero-order valence-corrected chi connectivity index (χ0v) is 18.4. The molecule has 0 bridgehead atoms. The van der Waals surface area contributed by atoms with Crippen LogP contribution in [-0.2, 0) is 16.6 Å². The molecule has 0 saturated carbocycles. The second-order valence-corrected chi connectivity index (χ2v) is 8.23. The summed E-state index contributed by atoms with van der Waals surface area (Å²) in [6.07, 6.45) is 1.23. The zero-order valence-electron chi connectivity index (χ0n) is 16.8. The van der Waals surface area contributed by atoms with Gasteiger partial charge in [-0.1, -0.05) is 17.3 Å². The average molecular weight is 469 g/mol. The molecule has 31 heavy (non-hydrogen) atoms. The van der Waals surface area contributed by atoms with Gasteiger partial charge in [0, 0.05) is 24.7 Å². The molecule has 0 spiro atoms. The molecule has 3 rings (SSSR count). The first-order chi connectivity index (χ1) is 14.3. The number of fused-ring (bicyclic) bond motifs is 1. The molecule has 0 aliphatic carbocycles. The lowest BCUT2D eigenvalue weighted by atomic mass is 10.0. The van der Waals surface area contributed by atoms with Gasteiger partial charge in [-0.15, -0.1) is 17.5 Å². The van der Waals surface area contributed by atoms with Gasteiger partial charge >= 0.3 is 0 Å². The molecule has 166 valence electrons. The van der Waals surface area contributed by atoms with E-state index in [2.05, 4.69) is 20.4 Å². The van der Waals surface area contributed by atoms with Gasteiger partial charge in [0.2, 0.25) is 10.0 Å². The Labute approximate surface area is 185 Å². The predicted octanol–water partition coefficient (Wildman–Crippen LogP) is 1.60. The minimum Gasteiger partial charge on any atom is -0.355 e. The van der Waals surface area contributed by atoms with Gasteiger partial charge in [-0.2, -0.15) is 0 Å². The third-order valence-electron chi connectivity index (χ3n) is 4.47. The maximum absolute atomic E-state index is 14.0. The smallest absolute Gasteiger partial charge is 0.251 e. The van der Waals surface area contributed by atoms with E-state index in [-0.39, 0.29) is 36.3 Å². The molecule has 2 aromatic carbocycles. The molecule has 0 unspecified atom stereocenters. The maximum atomic E-state index is 14.0. The fraction of sp³-hybridized carbons (Fsp3) is 0.211. The number of carbonyl (C=O) groups excluding carboxylic acids is 1. The van der Waals surface area contributed by atoms with Crippen LogP contribution in [0.3, 0.4) is 0 Å². The second-order valence-electron chi connectivity index (χ2n) is 6.34. The lowest BCUT2D eigenvalue weighted by molar-refractivity contribution is 0.0963. The summed E-state index contributed by atoms with van der Waals surface area (Å²) < 4.78 is 42.0. The summed E-state index contributed by atoms with van der Waals surface area (Å²) in [7, 11) is -0.857. The number of hydrogen-bond acceptors (Lipinski definition) is 6. The van der Waals surface area contributed by atoms with Gasteiger partial charge in [-0.3, -0.25) is 4.79 Å². The van der Waals surface area contributed by atoms with Crippen molar-refractivity contribution in [3.05, 3.63) is 53.9 Å². The Morgan fingerprint density at radius 3 is 2.65 bits per heavy atom. The molecule has 0 aliphatic rings. The van der Waals surface area contributed by atoms with Crippen molar-refractivity contribution in [2.45, 2.75) is 11.4 Å². The van der Waals surface area contributed by atoms with Crippen molar-refractivity contribution in [2.24, 2.45) is 5.73 Å². The molecule has 4 N–H and O–H groups in total. The van der Waals surface area contributed by atoms with Crippen molar-refractivity contribution in [2.75, 3.05) is 20.6 Å². The SMILES string of the molecule is CNC(=O)c1cc(-c2cccc(S(=O)(=O)NC)c2)c2nnn(C/C(F)=C/CN)c2c1.Cl. The largest absolute Gasteiger partial charge is 0.355 e. The standard InChI is InChI=1S/C19H21FN6O3S.ClH/c1-22-19(27)13-9-16(12-4-3-5-15(8-12)30(28,29)23-2)18-17(10-13)26(25-24-18)11-14(20)6-7-21;/h3-6,8-10,23H,7,11,21H2,1-2H3,(H,22,27);1H/b14-6-;. The van der Waals surface area contributed by atoms with Crippen LogP contribution < -0.4 is 15.8 Å². The van der Waals surface area contributed by atoms with E-state index in [1.165, 1.54) is 37.0 Å². The minimum atomic E-state index is -3.67. The van der Waals surface area contributed by atoms with Crippen LogP contribution in [-0.4, -0.2) is 50.0 Å². The number of nitrogens with two attached hydrogens (primary N) is 1. The van der Waals surface area contributed by atoms with E-state index in [9.17, 15) is 17.6 Å². The number of allylic oxidation sites excluding steroid dienone is 1. The van der Waals surface area contributed by atoms with E-state index in [1.54, 1.807) is 24.3 Å². The Morgan fingerprint density at radius 1 is 1.26 bits per heavy atom. The average Bonchev–Trinajstić information content (AvgIpc) is 3.15. The first kappa shape index (κ1) is 24.4. The molecule has 3 aromatic rings. The number of halogens is 2. The highest BCUT2D eigenvalue weighted by Gasteiger charge is 2.18. The summed E-state index contributed by atoms with van der Waals surface area (Å²) in [5.74, 6) is -0.846. The lowest BCUT2D eigenvalue weighted by Crippen LogP contribution is -2.18. The molecular formula is C19H22ClFN6O3S. The lowest BCUT2D eigenvalue weighted by Gasteiger charge is -2.09. The van der Waals surface area contributed by atoms with Crippen LogP contribution in [0.1, 0.15) is 10.4 Å². The normalized spacial score (nSPS) is 11.9. The number of amides is 1. The molecule has 0 atom stereocenters. The molecule has 0 aliphatic heterocycles. The van der Waals surface area contributed by atoms with E-state index >= 15 is 0 Å². The summed E-state index contributed by atoms with van der Waals surface area (Å²) in [4.78, 5) is 12.4. The molecule has 1 heterocycles. The number of carbonyl (C=O) groups is 1. The molecule has 12 heteroatoms. The highest BCUT2D eigenvalue weighted by Crippen LogP contribution is 2.30. The molecule has 0 fully saturated rings. The highest BCUT2D eigenvalue weighted by molar-refractivity contribution is 7.89. The molecule has 0 saturated heterocycles. The summed E-state index contributed by atoms with van der Waals surface area (Å²) >= 11 is 0. The third kappa shape index (κ3) is 5.07. The van der Waals surface area contributed by atoms with Crippen molar-refractivity contribution in [3.63, 3.8) is 0 Å². The monoisotopic (exact) mass is 468 g/mol. The van der Waals surface area contributed by atoms with Crippen LogP contribution in [0.15, 0.2) is 53.2 Å². The number of nitrogens with one attached hydrogen (secondary N) is 2. The van der Waals surface area contributed by atoms with E-state index in [0.717, 1.165) is 0 Å². The Hall–Kier alpha value is -2.86. The van der Waals surface area contributed by atoms with Crippen LogP contribution >= 0.6 is 12.4 Å². The summed E-state index contributed by atoms with van der Waals surface area (Å²) in [5, 5.41) is 10.7. The molecule has 1 aromatic heterocycles. The first-order valence-corrected chi connectivity index (χ1v) is 10.5.